The van der Waals surface area contributed by atoms with Crippen molar-refractivity contribution in [1.29, 1.82) is 0 Å². The van der Waals surface area contributed by atoms with Crippen LogP contribution in [0.25, 0.3) is 0 Å². The van der Waals surface area contributed by atoms with Gasteiger partial charge in [0.2, 0.25) is 0 Å². The van der Waals surface area contributed by atoms with Gasteiger partial charge in [0.25, 0.3) is 0 Å². The number of nitrogens with one attached hydrogen (secondary N) is 1. The zero-order valence-electron chi connectivity index (χ0n) is 9.41. The number of thiazole rings is 1. The lowest BCUT2D eigenvalue weighted by atomic mass is 10.2. The number of unbranched alkanes of at least 4 members (excludes halogenated alkanes) is 1. The van der Waals surface area contributed by atoms with Gasteiger partial charge in [-0.05, 0) is 51.5 Å². The summed E-state index contributed by atoms with van der Waals surface area (Å²) in [4.78, 5) is 4.29. The van der Waals surface area contributed by atoms with Gasteiger partial charge in [0.1, 0.15) is 0 Å². The van der Waals surface area contributed by atoms with Gasteiger partial charge >= 0.3 is 0 Å². The van der Waals surface area contributed by atoms with Gasteiger partial charge in [-0.1, -0.05) is 0 Å². The van der Waals surface area contributed by atoms with E-state index < -0.39 is 0 Å². The Morgan fingerprint density at radius 1 is 1.53 bits per heavy atom. The number of hydrogen-bond acceptors (Lipinski definition) is 3. The Hall–Kier alpha value is -0.410. The van der Waals surface area contributed by atoms with E-state index in [2.05, 4.69) is 22.6 Å². The molecule has 0 amide bonds. The molecule has 1 aromatic rings. The third kappa shape index (κ3) is 3.92. The number of rotatable bonds is 7. The molecule has 84 valence electrons. The number of aromatic nitrogens is 1. The van der Waals surface area contributed by atoms with Crippen LogP contribution in [0, 0.1) is 5.92 Å². The van der Waals surface area contributed by atoms with Crippen molar-refractivity contribution >= 4 is 11.3 Å². The highest BCUT2D eigenvalue weighted by Crippen LogP contribution is 2.32. The molecule has 1 aliphatic rings. The van der Waals surface area contributed by atoms with Crippen LogP contribution in [0.15, 0.2) is 11.6 Å². The van der Waals surface area contributed by atoms with E-state index in [1.807, 2.05) is 6.20 Å². The highest BCUT2D eigenvalue weighted by Gasteiger charge is 2.26. The second-order valence-corrected chi connectivity index (χ2v) is 5.44. The molecule has 0 aromatic carbocycles. The molecule has 1 fully saturated rings. The Kier molecular flexibility index (Phi) is 4.15. The van der Waals surface area contributed by atoms with Gasteiger partial charge in [-0.15, -0.1) is 11.3 Å². The number of aryl methyl sites for hydroxylation is 1. The van der Waals surface area contributed by atoms with Crippen molar-refractivity contribution in [3.05, 3.63) is 16.6 Å². The minimum absolute atomic E-state index is 0.741. The van der Waals surface area contributed by atoms with Crippen molar-refractivity contribution in [2.45, 2.75) is 45.1 Å². The molecular formula is C12H20N2S. The summed E-state index contributed by atoms with van der Waals surface area (Å²) in [5.41, 5.74) is 0. The fourth-order valence-electron chi connectivity index (χ4n) is 1.87. The van der Waals surface area contributed by atoms with Crippen LogP contribution in [0.1, 0.15) is 37.6 Å². The van der Waals surface area contributed by atoms with E-state index in [1.165, 1.54) is 37.2 Å². The van der Waals surface area contributed by atoms with Crippen LogP contribution in [0.5, 0.6) is 0 Å². The first kappa shape index (κ1) is 11.1. The molecule has 0 bridgehead atoms. The van der Waals surface area contributed by atoms with Crippen molar-refractivity contribution in [2.75, 3.05) is 6.54 Å². The van der Waals surface area contributed by atoms with Crippen LogP contribution in [-0.2, 0) is 6.42 Å². The van der Waals surface area contributed by atoms with E-state index in [0.717, 1.165) is 18.4 Å². The molecule has 1 aromatic heterocycles. The van der Waals surface area contributed by atoms with E-state index in [4.69, 9.17) is 0 Å². The van der Waals surface area contributed by atoms with Crippen LogP contribution in [0.2, 0.25) is 0 Å². The van der Waals surface area contributed by atoms with Crippen LogP contribution in [-0.4, -0.2) is 17.6 Å². The molecule has 0 radical (unpaired) electrons. The van der Waals surface area contributed by atoms with Gasteiger partial charge in [0.05, 0.1) is 5.01 Å². The van der Waals surface area contributed by atoms with Crippen LogP contribution < -0.4 is 5.32 Å². The van der Waals surface area contributed by atoms with Crippen molar-refractivity contribution < 1.29 is 0 Å². The van der Waals surface area contributed by atoms with Crippen LogP contribution in [0.3, 0.4) is 0 Å². The third-order valence-corrected chi connectivity index (χ3v) is 3.94. The lowest BCUT2D eigenvalue weighted by Crippen LogP contribution is -2.28. The largest absolute Gasteiger partial charge is 0.314 e. The van der Waals surface area contributed by atoms with Gasteiger partial charge in [-0.3, -0.25) is 0 Å². The Morgan fingerprint density at radius 3 is 3.07 bits per heavy atom. The SMILES string of the molecule is CC(NCCCCc1nccs1)C1CC1. The van der Waals surface area contributed by atoms with Gasteiger partial charge in [0, 0.05) is 17.6 Å². The second-order valence-electron chi connectivity index (χ2n) is 4.46. The number of hydrogen-bond donors (Lipinski definition) is 1. The predicted octanol–water partition coefficient (Wildman–Crippen LogP) is 2.85. The van der Waals surface area contributed by atoms with E-state index in [1.54, 1.807) is 11.3 Å². The summed E-state index contributed by atoms with van der Waals surface area (Å²) in [6.07, 6.45) is 8.46. The molecule has 3 heteroatoms. The number of nitrogens with zero attached hydrogens (tertiary/aromatic N) is 1. The average molecular weight is 224 g/mol. The molecule has 2 rings (SSSR count). The maximum absolute atomic E-state index is 4.29. The second kappa shape index (κ2) is 5.61. The lowest BCUT2D eigenvalue weighted by Gasteiger charge is -2.11. The van der Waals surface area contributed by atoms with Crippen molar-refractivity contribution in [3.8, 4) is 0 Å². The van der Waals surface area contributed by atoms with Crippen LogP contribution in [0.4, 0.5) is 0 Å². The third-order valence-electron chi connectivity index (χ3n) is 3.10. The smallest absolute Gasteiger partial charge is 0.0924 e. The summed E-state index contributed by atoms with van der Waals surface area (Å²) in [6.45, 7) is 3.49. The Labute approximate surface area is 96.1 Å². The molecule has 1 N–H and O–H groups in total. The zero-order valence-corrected chi connectivity index (χ0v) is 10.2. The van der Waals surface area contributed by atoms with E-state index in [-0.39, 0.29) is 0 Å². The van der Waals surface area contributed by atoms with Gasteiger partial charge in [0.15, 0.2) is 0 Å². The predicted molar refractivity (Wildman–Crippen MR) is 65.2 cm³/mol. The van der Waals surface area contributed by atoms with E-state index in [0.29, 0.717) is 0 Å². The Balaban J connectivity index is 1.48. The molecule has 0 aliphatic heterocycles. The maximum Gasteiger partial charge on any atom is 0.0924 e. The standard InChI is InChI=1S/C12H20N2S/c1-10(11-5-6-11)13-7-3-2-4-12-14-8-9-15-12/h8-11,13H,2-7H2,1H3. The highest BCUT2D eigenvalue weighted by molar-refractivity contribution is 7.09. The molecule has 15 heavy (non-hydrogen) atoms. The van der Waals surface area contributed by atoms with Crippen molar-refractivity contribution in [3.63, 3.8) is 0 Å². The summed E-state index contributed by atoms with van der Waals surface area (Å²) in [7, 11) is 0. The maximum atomic E-state index is 4.29. The van der Waals surface area contributed by atoms with E-state index >= 15 is 0 Å². The van der Waals surface area contributed by atoms with Gasteiger partial charge in [-0.25, -0.2) is 4.98 Å². The summed E-state index contributed by atoms with van der Waals surface area (Å²) in [5.74, 6) is 0.976. The molecular weight excluding hydrogens is 204 g/mol. The average Bonchev–Trinajstić information content (AvgIpc) is 2.97. The molecule has 0 spiro atoms. The monoisotopic (exact) mass is 224 g/mol. The minimum Gasteiger partial charge on any atom is -0.314 e. The Morgan fingerprint density at radius 2 is 2.40 bits per heavy atom. The molecule has 1 atom stereocenters. The topological polar surface area (TPSA) is 24.9 Å². The molecule has 0 saturated heterocycles. The van der Waals surface area contributed by atoms with Crippen molar-refractivity contribution in [2.24, 2.45) is 5.92 Å². The van der Waals surface area contributed by atoms with Crippen molar-refractivity contribution in [1.82, 2.24) is 10.3 Å². The van der Waals surface area contributed by atoms with E-state index in [9.17, 15) is 0 Å². The normalized spacial score (nSPS) is 17.9. The highest BCUT2D eigenvalue weighted by atomic mass is 32.1. The molecule has 2 nitrogen and oxygen atoms in total. The minimum atomic E-state index is 0.741. The fraction of sp³-hybridized carbons (Fsp3) is 0.750. The summed E-state index contributed by atoms with van der Waals surface area (Å²) >= 11 is 1.77. The molecule has 1 heterocycles. The molecule has 1 saturated carbocycles. The summed E-state index contributed by atoms with van der Waals surface area (Å²) in [6, 6.07) is 0.741. The Bertz CT molecular complexity index is 267. The first-order chi connectivity index (χ1) is 7.36. The molecule has 1 aliphatic carbocycles. The summed E-state index contributed by atoms with van der Waals surface area (Å²) < 4.78 is 0. The quantitative estimate of drug-likeness (QED) is 0.720. The van der Waals surface area contributed by atoms with Gasteiger partial charge < -0.3 is 5.32 Å². The van der Waals surface area contributed by atoms with Gasteiger partial charge in [-0.2, -0.15) is 0 Å². The lowest BCUT2D eigenvalue weighted by molar-refractivity contribution is 0.484. The zero-order chi connectivity index (χ0) is 10.5. The first-order valence-corrected chi connectivity index (χ1v) is 6.86. The fourth-order valence-corrected chi connectivity index (χ4v) is 2.53. The van der Waals surface area contributed by atoms with Crippen LogP contribution >= 0.6 is 11.3 Å². The molecule has 1 unspecified atom stereocenters. The summed E-state index contributed by atoms with van der Waals surface area (Å²) in [5, 5.41) is 6.95. The first-order valence-electron chi connectivity index (χ1n) is 5.98.